The van der Waals surface area contributed by atoms with Crippen molar-refractivity contribution in [2.45, 2.75) is 32.6 Å². The van der Waals surface area contributed by atoms with Crippen LogP contribution in [0.4, 0.5) is 4.79 Å². The van der Waals surface area contributed by atoms with Crippen molar-refractivity contribution < 1.29 is 4.79 Å². The van der Waals surface area contributed by atoms with E-state index in [1.807, 2.05) is 18.7 Å². The van der Waals surface area contributed by atoms with Gasteiger partial charge in [0.25, 0.3) is 0 Å². The molecule has 0 aliphatic rings. The molecule has 14 heavy (non-hydrogen) atoms. The van der Waals surface area contributed by atoms with E-state index in [0.717, 1.165) is 25.9 Å². The van der Waals surface area contributed by atoms with Crippen LogP contribution in [0.25, 0.3) is 0 Å². The van der Waals surface area contributed by atoms with Crippen molar-refractivity contribution in [3.8, 4) is 0 Å². The number of nitrogens with one attached hydrogen (secondary N) is 2. The van der Waals surface area contributed by atoms with E-state index < -0.39 is 0 Å². The summed E-state index contributed by atoms with van der Waals surface area (Å²) in [5.74, 6) is 1.22. The van der Waals surface area contributed by atoms with E-state index in [1.165, 1.54) is 18.6 Å². The van der Waals surface area contributed by atoms with Crippen LogP contribution in [-0.4, -0.2) is 31.1 Å². The van der Waals surface area contributed by atoms with Crippen molar-refractivity contribution >= 4 is 17.8 Å². The lowest BCUT2D eigenvalue weighted by Gasteiger charge is -2.05. The Balaban J connectivity index is 3.07. The van der Waals surface area contributed by atoms with Gasteiger partial charge in [0.15, 0.2) is 0 Å². The maximum Gasteiger partial charge on any atom is 0.314 e. The number of hydrogen-bond donors (Lipinski definition) is 2. The molecule has 0 aromatic heterocycles. The summed E-state index contributed by atoms with van der Waals surface area (Å²) in [6.07, 6.45) is 6.64. The third-order valence-corrected chi connectivity index (χ3v) is 2.54. The zero-order chi connectivity index (χ0) is 10.6. The third kappa shape index (κ3) is 9.71. The van der Waals surface area contributed by atoms with E-state index in [1.54, 1.807) is 0 Å². The Labute approximate surface area is 91.4 Å². The van der Waals surface area contributed by atoms with E-state index >= 15 is 0 Å². The summed E-state index contributed by atoms with van der Waals surface area (Å²) >= 11 is 1.88. The van der Waals surface area contributed by atoms with Gasteiger partial charge in [-0.15, -0.1) is 0 Å². The molecular weight excluding hydrogens is 196 g/mol. The Morgan fingerprint density at radius 3 is 2.50 bits per heavy atom. The molecule has 0 rings (SSSR count). The maximum atomic E-state index is 11.1. The van der Waals surface area contributed by atoms with Gasteiger partial charge in [0.2, 0.25) is 0 Å². The molecule has 2 N–H and O–H groups in total. The highest BCUT2D eigenvalue weighted by atomic mass is 32.2. The standard InChI is InChI=1S/C10H22N2OS/c1-3-7-11-10(13)12-8-5-4-6-9-14-2/h3-9H2,1-2H3,(H2,11,12,13). The zero-order valence-electron chi connectivity index (χ0n) is 9.27. The molecule has 0 bridgehead atoms. The van der Waals surface area contributed by atoms with Gasteiger partial charge >= 0.3 is 6.03 Å². The first-order valence-corrected chi connectivity index (χ1v) is 6.71. The molecule has 4 heteroatoms. The monoisotopic (exact) mass is 218 g/mol. The first-order valence-electron chi connectivity index (χ1n) is 5.32. The van der Waals surface area contributed by atoms with Crippen molar-refractivity contribution in [1.82, 2.24) is 10.6 Å². The van der Waals surface area contributed by atoms with Gasteiger partial charge in [0.1, 0.15) is 0 Å². The molecule has 0 saturated carbocycles. The van der Waals surface area contributed by atoms with Crippen molar-refractivity contribution in [2.24, 2.45) is 0 Å². The number of urea groups is 1. The molecule has 0 aromatic rings. The zero-order valence-corrected chi connectivity index (χ0v) is 10.1. The van der Waals surface area contributed by atoms with Crippen molar-refractivity contribution in [3.05, 3.63) is 0 Å². The number of carbonyl (C=O) groups is 1. The summed E-state index contributed by atoms with van der Waals surface area (Å²) in [6, 6.07) is -0.0308. The van der Waals surface area contributed by atoms with E-state index in [4.69, 9.17) is 0 Å². The van der Waals surface area contributed by atoms with E-state index in [9.17, 15) is 4.79 Å². The average Bonchev–Trinajstić information content (AvgIpc) is 2.20. The van der Waals surface area contributed by atoms with Gasteiger partial charge in [0, 0.05) is 13.1 Å². The first kappa shape index (κ1) is 13.6. The average molecular weight is 218 g/mol. The topological polar surface area (TPSA) is 41.1 Å². The highest BCUT2D eigenvalue weighted by Gasteiger charge is 1.96. The molecule has 0 aliphatic heterocycles. The van der Waals surface area contributed by atoms with Crippen LogP contribution in [0.15, 0.2) is 0 Å². The second kappa shape index (κ2) is 10.7. The Bertz CT molecular complexity index is 142. The van der Waals surface area contributed by atoms with Crippen LogP contribution in [0.5, 0.6) is 0 Å². The van der Waals surface area contributed by atoms with Crippen LogP contribution >= 0.6 is 11.8 Å². The molecule has 2 amide bonds. The normalized spacial score (nSPS) is 9.86. The van der Waals surface area contributed by atoms with E-state index in [-0.39, 0.29) is 6.03 Å². The number of unbranched alkanes of at least 4 members (excludes halogenated alkanes) is 2. The fourth-order valence-corrected chi connectivity index (χ4v) is 1.54. The molecule has 0 fully saturated rings. The fourth-order valence-electron chi connectivity index (χ4n) is 1.05. The summed E-state index contributed by atoms with van der Waals surface area (Å²) in [7, 11) is 0. The summed E-state index contributed by atoms with van der Waals surface area (Å²) in [6.45, 7) is 3.60. The lowest BCUT2D eigenvalue weighted by molar-refractivity contribution is 0.240. The van der Waals surface area contributed by atoms with Crippen LogP contribution in [-0.2, 0) is 0 Å². The Kier molecular flexibility index (Phi) is 10.4. The number of thioether (sulfide) groups is 1. The number of rotatable bonds is 8. The van der Waals surface area contributed by atoms with Crippen LogP contribution in [0.1, 0.15) is 32.6 Å². The summed E-state index contributed by atoms with van der Waals surface area (Å²) in [4.78, 5) is 11.1. The maximum absolute atomic E-state index is 11.1. The molecule has 0 spiro atoms. The molecular formula is C10H22N2OS. The molecule has 3 nitrogen and oxygen atoms in total. The van der Waals surface area contributed by atoms with Crippen LogP contribution in [0, 0.1) is 0 Å². The predicted octanol–water partition coefficient (Wildman–Crippen LogP) is 2.23. The SMILES string of the molecule is CCCNC(=O)NCCCCCSC. The largest absolute Gasteiger partial charge is 0.338 e. The smallest absolute Gasteiger partial charge is 0.314 e. The number of amides is 2. The van der Waals surface area contributed by atoms with Gasteiger partial charge in [-0.2, -0.15) is 11.8 Å². The molecule has 0 unspecified atom stereocenters. The van der Waals surface area contributed by atoms with Crippen LogP contribution in [0.3, 0.4) is 0 Å². The molecule has 0 heterocycles. The second-order valence-electron chi connectivity index (χ2n) is 3.24. The van der Waals surface area contributed by atoms with Crippen molar-refractivity contribution in [1.29, 1.82) is 0 Å². The minimum atomic E-state index is -0.0308. The Morgan fingerprint density at radius 1 is 1.14 bits per heavy atom. The lowest BCUT2D eigenvalue weighted by Crippen LogP contribution is -2.36. The van der Waals surface area contributed by atoms with Gasteiger partial charge in [-0.25, -0.2) is 4.79 Å². The minimum Gasteiger partial charge on any atom is -0.338 e. The molecule has 0 atom stereocenters. The Hall–Kier alpha value is -0.380. The van der Waals surface area contributed by atoms with Gasteiger partial charge < -0.3 is 10.6 Å². The summed E-state index contributed by atoms with van der Waals surface area (Å²) < 4.78 is 0. The molecule has 0 saturated heterocycles. The number of carbonyl (C=O) groups excluding carboxylic acids is 1. The fraction of sp³-hybridized carbons (Fsp3) is 0.900. The Morgan fingerprint density at radius 2 is 1.86 bits per heavy atom. The van der Waals surface area contributed by atoms with Crippen LogP contribution < -0.4 is 10.6 Å². The summed E-state index contributed by atoms with van der Waals surface area (Å²) in [5, 5.41) is 5.62. The molecule has 0 aliphatic carbocycles. The van der Waals surface area contributed by atoms with E-state index in [0.29, 0.717) is 0 Å². The van der Waals surface area contributed by atoms with Gasteiger partial charge in [-0.05, 0) is 31.3 Å². The van der Waals surface area contributed by atoms with Gasteiger partial charge in [-0.1, -0.05) is 13.3 Å². The summed E-state index contributed by atoms with van der Waals surface area (Å²) in [5.41, 5.74) is 0. The molecule has 0 aromatic carbocycles. The molecule has 84 valence electrons. The minimum absolute atomic E-state index is 0.0308. The first-order chi connectivity index (χ1) is 6.81. The van der Waals surface area contributed by atoms with E-state index in [2.05, 4.69) is 16.9 Å². The lowest BCUT2D eigenvalue weighted by atomic mass is 10.2. The quantitative estimate of drug-likeness (QED) is 0.613. The number of hydrogen-bond acceptors (Lipinski definition) is 2. The molecule has 0 radical (unpaired) electrons. The van der Waals surface area contributed by atoms with Crippen molar-refractivity contribution in [3.63, 3.8) is 0 Å². The predicted molar refractivity (Wildman–Crippen MR) is 63.9 cm³/mol. The highest BCUT2D eigenvalue weighted by molar-refractivity contribution is 7.98. The third-order valence-electron chi connectivity index (χ3n) is 1.85. The van der Waals surface area contributed by atoms with Gasteiger partial charge in [0.05, 0.1) is 0 Å². The van der Waals surface area contributed by atoms with Gasteiger partial charge in [-0.3, -0.25) is 0 Å². The van der Waals surface area contributed by atoms with Crippen molar-refractivity contribution in [2.75, 3.05) is 25.1 Å². The highest BCUT2D eigenvalue weighted by Crippen LogP contribution is 2.00. The second-order valence-corrected chi connectivity index (χ2v) is 4.22. The van der Waals surface area contributed by atoms with Crippen LogP contribution in [0.2, 0.25) is 0 Å².